The standard InChI is InChI=1S/C8H8ClNS/c1-6-2-3-7(10-5-11)4-8(6)9/h2-5H,1H3,(H,10,11). The lowest BCUT2D eigenvalue weighted by Gasteiger charge is -2.01. The van der Waals surface area contributed by atoms with Crippen LogP contribution in [0.5, 0.6) is 0 Å². The summed E-state index contributed by atoms with van der Waals surface area (Å²) in [5.41, 5.74) is 3.46. The van der Waals surface area contributed by atoms with Crippen LogP contribution in [0.25, 0.3) is 0 Å². The van der Waals surface area contributed by atoms with Crippen molar-refractivity contribution in [3.63, 3.8) is 0 Å². The molecule has 1 aromatic rings. The second-order valence-corrected chi connectivity index (χ2v) is 2.87. The van der Waals surface area contributed by atoms with Gasteiger partial charge in [-0.05, 0) is 24.6 Å². The molecule has 11 heavy (non-hydrogen) atoms. The van der Waals surface area contributed by atoms with Crippen molar-refractivity contribution in [3.05, 3.63) is 28.8 Å². The van der Waals surface area contributed by atoms with Gasteiger partial charge in [-0.1, -0.05) is 29.9 Å². The fraction of sp³-hybridized carbons (Fsp3) is 0.125. The van der Waals surface area contributed by atoms with Crippen molar-refractivity contribution in [2.45, 2.75) is 6.92 Å². The first-order valence-corrected chi connectivity index (χ1v) is 4.05. The van der Waals surface area contributed by atoms with Crippen LogP contribution in [-0.4, -0.2) is 5.49 Å². The van der Waals surface area contributed by atoms with Crippen LogP contribution >= 0.6 is 23.8 Å². The quantitative estimate of drug-likeness (QED) is 0.711. The molecule has 0 amide bonds. The van der Waals surface area contributed by atoms with Gasteiger partial charge in [0.05, 0.1) is 5.49 Å². The van der Waals surface area contributed by atoms with Gasteiger partial charge in [-0.3, -0.25) is 0 Å². The minimum atomic E-state index is 0.756. The summed E-state index contributed by atoms with van der Waals surface area (Å²) in [6, 6.07) is 5.73. The van der Waals surface area contributed by atoms with Crippen LogP contribution in [0.4, 0.5) is 5.69 Å². The van der Waals surface area contributed by atoms with E-state index in [4.69, 9.17) is 11.6 Å². The van der Waals surface area contributed by atoms with Crippen LogP contribution in [-0.2, 0) is 0 Å². The van der Waals surface area contributed by atoms with Crippen molar-refractivity contribution >= 4 is 35.0 Å². The molecule has 1 nitrogen and oxygen atoms in total. The van der Waals surface area contributed by atoms with E-state index in [2.05, 4.69) is 17.5 Å². The Kier molecular flexibility index (Phi) is 2.85. The molecule has 0 aliphatic heterocycles. The molecule has 0 spiro atoms. The molecule has 1 N–H and O–H groups in total. The highest BCUT2D eigenvalue weighted by atomic mass is 35.5. The number of thiocarbonyl (C=S) groups is 1. The van der Waals surface area contributed by atoms with Gasteiger partial charge in [0, 0.05) is 10.7 Å². The summed E-state index contributed by atoms with van der Waals surface area (Å²) in [5, 5.41) is 3.64. The van der Waals surface area contributed by atoms with Crippen molar-refractivity contribution < 1.29 is 0 Å². The summed E-state index contributed by atoms with van der Waals surface area (Å²) in [6.45, 7) is 1.96. The van der Waals surface area contributed by atoms with Crippen molar-refractivity contribution in [2.24, 2.45) is 0 Å². The predicted octanol–water partition coefficient (Wildman–Crippen LogP) is 3.02. The van der Waals surface area contributed by atoms with Gasteiger partial charge in [0.15, 0.2) is 0 Å². The molecule has 58 valence electrons. The van der Waals surface area contributed by atoms with Gasteiger partial charge in [-0.2, -0.15) is 0 Å². The van der Waals surface area contributed by atoms with Crippen LogP contribution in [0.1, 0.15) is 5.56 Å². The van der Waals surface area contributed by atoms with Crippen molar-refractivity contribution in [2.75, 3.05) is 5.32 Å². The maximum absolute atomic E-state index is 5.86. The summed E-state index contributed by atoms with van der Waals surface area (Å²) >= 11 is 10.5. The minimum absolute atomic E-state index is 0.756. The third-order valence-corrected chi connectivity index (χ3v) is 1.92. The van der Waals surface area contributed by atoms with Gasteiger partial charge in [-0.25, -0.2) is 0 Å². The van der Waals surface area contributed by atoms with E-state index in [-0.39, 0.29) is 0 Å². The molecule has 0 atom stereocenters. The number of hydrogen-bond acceptors (Lipinski definition) is 1. The summed E-state index contributed by atoms with van der Waals surface area (Å²) in [4.78, 5) is 0. The van der Waals surface area contributed by atoms with Crippen molar-refractivity contribution in [3.8, 4) is 0 Å². The topological polar surface area (TPSA) is 12.0 Å². The number of benzene rings is 1. The number of rotatable bonds is 2. The molecule has 0 saturated carbocycles. The van der Waals surface area contributed by atoms with E-state index in [9.17, 15) is 0 Å². The summed E-state index contributed by atoms with van der Waals surface area (Å²) in [6.07, 6.45) is 0. The first-order valence-electron chi connectivity index (χ1n) is 3.20. The van der Waals surface area contributed by atoms with Crippen molar-refractivity contribution in [1.82, 2.24) is 0 Å². The Morgan fingerprint density at radius 1 is 1.55 bits per heavy atom. The van der Waals surface area contributed by atoms with E-state index in [1.54, 1.807) is 0 Å². The molecule has 0 heterocycles. The van der Waals surface area contributed by atoms with E-state index in [0.717, 1.165) is 16.3 Å². The lowest BCUT2D eigenvalue weighted by Crippen LogP contribution is -1.91. The summed E-state index contributed by atoms with van der Waals surface area (Å²) < 4.78 is 0. The summed E-state index contributed by atoms with van der Waals surface area (Å²) in [5.74, 6) is 0. The van der Waals surface area contributed by atoms with Crippen LogP contribution in [0.15, 0.2) is 18.2 Å². The highest BCUT2D eigenvalue weighted by molar-refractivity contribution is 7.79. The molecular weight excluding hydrogens is 178 g/mol. The maximum atomic E-state index is 5.86. The third-order valence-electron chi connectivity index (χ3n) is 1.40. The third kappa shape index (κ3) is 2.17. The van der Waals surface area contributed by atoms with Crippen LogP contribution < -0.4 is 5.32 Å². The molecular formula is C8H8ClNS. The average molecular weight is 186 g/mol. The van der Waals surface area contributed by atoms with Gasteiger partial charge >= 0.3 is 0 Å². The average Bonchev–Trinajstić information content (AvgIpc) is 1.98. The SMILES string of the molecule is Cc1ccc(NC=S)cc1Cl. The second kappa shape index (κ2) is 3.69. The van der Waals surface area contributed by atoms with Crippen LogP contribution in [0, 0.1) is 6.92 Å². The molecule has 3 heteroatoms. The van der Waals surface area contributed by atoms with Gasteiger partial charge in [0.25, 0.3) is 0 Å². The molecule has 0 aliphatic carbocycles. The van der Waals surface area contributed by atoms with Gasteiger partial charge in [-0.15, -0.1) is 0 Å². The molecule has 0 aliphatic rings. The molecule has 0 bridgehead atoms. The number of hydrogen-bond donors (Lipinski definition) is 1. The van der Waals surface area contributed by atoms with Gasteiger partial charge in [0.2, 0.25) is 0 Å². The molecule has 0 aromatic heterocycles. The molecule has 0 fully saturated rings. The Labute approximate surface area is 76.4 Å². The fourth-order valence-corrected chi connectivity index (χ4v) is 1.07. The highest BCUT2D eigenvalue weighted by Crippen LogP contribution is 2.19. The van der Waals surface area contributed by atoms with Crippen LogP contribution in [0.2, 0.25) is 5.02 Å². The molecule has 1 aromatic carbocycles. The zero-order valence-electron chi connectivity index (χ0n) is 6.10. The Hall–Kier alpha value is -0.600. The first kappa shape index (κ1) is 8.50. The van der Waals surface area contributed by atoms with Crippen LogP contribution in [0.3, 0.4) is 0 Å². The maximum Gasteiger partial charge on any atom is 0.0658 e. The second-order valence-electron chi connectivity index (χ2n) is 2.23. The lowest BCUT2D eigenvalue weighted by atomic mass is 10.2. The molecule has 0 radical (unpaired) electrons. The van der Waals surface area contributed by atoms with Crippen molar-refractivity contribution in [1.29, 1.82) is 0 Å². The van der Waals surface area contributed by atoms with E-state index in [1.165, 1.54) is 5.49 Å². The largest absolute Gasteiger partial charge is 0.353 e. The number of anilines is 1. The van der Waals surface area contributed by atoms with Gasteiger partial charge < -0.3 is 5.32 Å². The molecule has 0 unspecified atom stereocenters. The first-order chi connectivity index (χ1) is 5.24. The normalized spacial score (nSPS) is 9.27. The lowest BCUT2D eigenvalue weighted by molar-refractivity contribution is 1.47. The monoisotopic (exact) mass is 185 g/mol. The van der Waals surface area contributed by atoms with E-state index < -0.39 is 0 Å². The Balaban J connectivity index is 2.95. The van der Waals surface area contributed by atoms with Gasteiger partial charge in [0.1, 0.15) is 0 Å². The number of halogens is 1. The smallest absolute Gasteiger partial charge is 0.0658 e. The zero-order chi connectivity index (χ0) is 8.27. The van der Waals surface area contributed by atoms with E-state index >= 15 is 0 Å². The molecule has 1 rings (SSSR count). The highest BCUT2D eigenvalue weighted by Gasteiger charge is 1.94. The Bertz CT molecular complexity index is 273. The number of nitrogens with one attached hydrogen (secondary N) is 1. The molecule has 0 saturated heterocycles. The zero-order valence-corrected chi connectivity index (χ0v) is 7.67. The predicted molar refractivity (Wildman–Crippen MR) is 53.5 cm³/mol. The van der Waals surface area contributed by atoms with E-state index in [0.29, 0.717) is 0 Å². The fourth-order valence-electron chi connectivity index (χ4n) is 0.751. The van der Waals surface area contributed by atoms with E-state index in [1.807, 2.05) is 25.1 Å². The number of aryl methyl sites for hydroxylation is 1. The Morgan fingerprint density at radius 2 is 2.27 bits per heavy atom. The summed E-state index contributed by atoms with van der Waals surface area (Å²) in [7, 11) is 0. The minimum Gasteiger partial charge on any atom is -0.353 e. The Morgan fingerprint density at radius 3 is 2.82 bits per heavy atom.